The first-order valence-corrected chi connectivity index (χ1v) is 17.0. The number of nitrogens with one attached hydrogen (secondary N) is 1. The molecule has 0 spiro atoms. The van der Waals surface area contributed by atoms with Crippen molar-refractivity contribution in [3.63, 3.8) is 0 Å². The molecule has 2 atom stereocenters. The summed E-state index contributed by atoms with van der Waals surface area (Å²) in [6.45, 7) is 0.323. The van der Waals surface area contributed by atoms with Gasteiger partial charge in [-0.2, -0.15) is 5.10 Å². The molecule has 47 heavy (non-hydrogen) atoms. The summed E-state index contributed by atoms with van der Waals surface area (Å²) in [5, 5.41) is 6.96. The molecule has 3 aliphatic heterocycles. The van der Waals surface area contributed by atoms with E-state index in [9.17, 15) is 13.2 Å². The lowest BCUT2D eigenvalue weighted by atomic mass is 9.77. The predicted molar refractivity (Wildman–Crippen MR) is 175 cm³/mol. The number of benzene rings is 4. The van der Waals surface area contributed by atoms with Gasteiger partial charge in [0, 0.05) is 22.2 Å². The number of hydrogen-bond acceptors (Lipinski definition) is 8. The average molecular weight is 670 g/mol. The topological polar surface area (TPSA) is 116 Å². The fourth-order valence-corrected chi connectivity index (χ4v) is 7.69. The van der Waals surface area contributed by atoms with Gasteiger partial charge in [0.2, 0.25) is 13.6 Å². The van der Waals surface area contributed by atoms with Gasteiger partial charge in [-0.05, 0) is 109 Å². The van der Waals surface area contributed by atoms with Crippen LogP contribution in [0.15, 0.2) is 100 Å². The Morgan fingerprint density at radius 3 is 2.38 bits per heavy atom. The smallest absolute Gasteiger partial charge is 0.274 e. The lowest BCUT2D eigenvalue weighted by molar-refractivity contribution is 0.0680. The van der Waals surface area contributed by atoms with Crippen LogP contribution in [0.1, 0.15) is 46.8 Å². The van der Waals surface area contributed by atoms with Gasteiger partial charge >= 0.3 is 0 Å². The van der Waals surface area contributed by atoms with Crippen LogP contribution in [-0.2, 0) is 10.0 Å². The molecule has 3 heterocycles. The van der Waals surface area contributed by atoms with Gasteiger partial charge in [-0.25, -0.2) is 13.4 Å². The number of halogens is 1. The second kappa shape index (κ2) is 11.7. The van der Waals surface area contributed by atoms with Crippen molar-refractivity contribution in [3.8, 4) is 23.0 Å². The minimum absolute atomic E-state index is 0.0504. The number of rotatable bonds is 6. The maximum atomic E-state index is 14.4. The highest BCUT2D eigenvalue weighted by Gasteiger charge is 2.44. The largest absolute Gasteiger partial charge is 0.454 e. The summed E-state index contributed by atoms with van der Waals surface area (Å²) in [5.74, 6) is 2.14. The van der Waals surface area contributed by atoms with Crippen LogP contribution in [0.3, 0.4) is 0 Å². The number of carbonyl (C=O) groups is 1. The van der Waals surface area contributed by atoms with Crippen LogP contribution in [0.25, 0.3) is 6.08 Å². The van der Waals surface area contributed by atoms with Gasteiger partial charge in [-0.1, -0.05) is 29.8 Å². The standard InChI is InChI=1S/C35H28ClN3O7S/c36-25-9-11-26(12-10-25)38-47(41,42)27-5-1-4-24(17-27)35(40)39-34(23-8-14-30-32(18-23)46-20-44-30)28-6-2-3-22(33(28)37-39)15-21-7-13-29-31(16-21)45-19-43-29/h1,4-5,7-18,28,34,38H,2-3,6,19-20H2. The highest BCUT2D eigenvalue weighted by Crippen LogP contribution is 2.47. The number of amides is 1. The van der Waals surface area contributed by atoms with Crippen molar-refractivity contribution in [1.29, 1.82) is 0 Å². The molecule has 8 rings (SSSR count). The van der Waals surface area contributed by atoms with Crippen LogP contribution in [0.5, 0.6) is 23.0 Å². The monoisotopic (exact) mass is 669 g/mol. The van der Waals surface area contributed by atoms with Crippen molar-refractivity contribution in [2.75, 3.05) is 18.3 Å². The van der Waals surface area contributed by atoms with Gasteiger partial charge in [0.05, 0.1) is 16.6 Å². The number of fused-ring (bicyclic) bond motifs is 3. The molecule has 4 aromatic carbocycles. The molecule has 4 aliphatic rings. The van der Waals surface area contributed by atoms with Crippen molar-refractivity contribution >= 4 is 45.0 Å². The van der Waals surface area contributed by atoms with E-state index in [0.29, 0.717) is 33.7 Å². The fraction of sp³-hybridized carbons (Fsp3) is 0.200. The number of anilines is 1. The van der Waals surface area contributed by atoms with E-state index in [0.717, 1.165) is 41.7 Å². The third kappa shape index (κ3) is 5.55. The summed E-state index contributed by atoms with van der Waals surface area (Å²) < 4.78 is 51.5. The number of nitrogens with zero attached hydrogens (tertiary/aromatic N) is 2. The Kier molecular flexibility index (Phi) is 7.30. The Morgan fingerprint density at radius 2 is 1.60 bits per heavy atom. The van der Waals surface area contributed by atoms with Crippen LogP contribution >= 0.6 is 11.6 Å². The van der Waals surface area contributed by atoms with E-state index in [4.69, 9.17) is 35.6 Å². The van der Waals surface area contributed by atoms with Gasteiger partial charge in [-0.3, -0.25) is 9.52 Å². The highest BCUT2D eigenvalue weighted by molar-refractivity contribution is 7.92. The van der Waals surface area contributed by atoms with Crippen molar-refractivity contribution in [2.24, 2.45) is 11.0 Å². The summed E-state index contributed by atoms with van der Waals surface area (Å²) in [6.07, 6.45) is 4.61. The van der Waals surface area contributed by atoms with Crippen LogP contribution in [0.2, 0.25) is 5.02 Å². The fourth-order valence-electron chi connectivity index (χ4n) is 6.46. The summed E-state index contributed by atoms with van der Waals surface area (Å²) in [6, 6.07) is 23.4. The number of ether oxygens (including phenoxy) is 4. The quantitative estimate of drug-likeness (QED) is 0.234. The van der Waals surface area contributed by atoms with Crippen LogP contribution in [0, 0.1) is 5.92 Å². The lowest BCUT2D eigenvalue weighted by Crippen LogP contribution is -2.32. The van der Waals surface area contributed by atoms with E-state index in [1.54, 1.807) is 36.4 Å². The molecule has 10 nitrogen and oxygen atoms in total. The number of carbonyl (C=O) groups excluding carboxylic acids is 1. The molecule has 1 saturated carbocycles. The van der Waals surface area contributed by atoms with E-state index in [1.165, 1.54) is 17.1 Å². The van der Waals surface area contributed by atoms with Crippen molar-refractivity contribution in [3.05, 3.63) is 112 Å². The van der Waals surface area contributed by atoms with Gasteiger partial charge in [0.25, 0.3) is 15.9 Å². The first-order valence-electron chi connectivity index (χ1n) is 15.1. The third-order valence-corrected chi connectivity index (χ3v) is 10.3. The van der Waals surface area contributed by atoms with Gasteiger partial charge < -0.3 is 18.9 Å². The average Bonchev–Trinajstić information content (AvgIpc) is 3.84. The summed E-state index contributed by atoms with van der Waals surface area (Å²) in [4.78, 5) is 14.3. The van der Waals surface area contributed by atoms with E-state index >= 15 is 0 Å². The molecule has 0 saturated heterocycles. The molecule has 238 valence electrons. The molecule has 2 unspecified atom stereocenters. The predicted octanol–water partition coefficient (Wildman–Crippen LogP) is 7.04. The summed E-state index contributed by atoms with van der Waals surface area (Å²) in [5.41, 5.74) is 4.21. The van der Waals surface area contributed by atoms with Gasteiger partial charge in [0.15, 0.2) is 23.0 Å². The SMILES string of the molecule is O=C(c1cccc(S(=O)(=O)Nc2ccc(Cl)cc2)c1)N1N=C2C(=Cc3ccc4c(c3)OCO4)CCCC2C1c1ccc2c(c1)OCO2. The second-order valence-electron chi connectivity index (χ2n) is 11.6. The van der Waals surface area contributed by atoms with E-state index in [1.807, 2.05) is 36.4 Å². The molecule has 1 aliphatic carbocycles. The van der Waals surface area contributed by atoms with E-state index in [2.05, 4.69) is 10.8 Å². The number of sulfonamides is 1. The van der Waals surface area contributed by atoms with Gasteiger partial charge in [-0.15, -0.1) is 0 Å². The maximum absolute atomic E-state index is 14.4. The summed E-state index contributed by atoms with van der Waals surface area (Å²) >= 11 is 5.96. The molecular formula is C35H28ClN3O7S. The zero-order valence-electron chi connectivity index (χ0n) is 24.9. The maximum Gasteiger partial charge on any atom is 0.274 e. The highest BCUT2D eigenvalue weighted by atomic mass is 35.5. The molecule has 0 radical (unpaired) electrons. The first kappa shape index (κ1) is 29.4. The van der Waals surface area contributed by atoms with Crippen LogP contribution in [-0.4, -0.2) is 38.6 Å². The van der Waals surface area contributed by atoms with E-state index < -0.39 is 22.0 Å². The van der Waals surface area contributed by atoms with Crippen molar-refractivity contribution < 1.29 is 32.2 Å². The van der Waals surface area contributed by atoms with Crippen LogP contribution < -0.4 is 23.7 Å². The van der Waals surface area contributed by atoms with Crippen LogP contribution in [0.4, 0.5) is 5.69 Å². The Labute approximate surface area is 276 Å². The molecule has 1 amide bonds. The number of allylic oxidation sites excluding steroid dienone is 1. The second-order valence-corrected chi connectivity index (χ2v) is 13.7. The molecule has 4 aromatic rings. The zero-order chi connectivity index (χ0) is 32.1. The third-order valence-electron chi connectivity index (χ3n) is 8.67. The van der Waals surface area contributed by atoms with Gasteiger partial charge in [0.1, 0.15) is 0 Å². The Bertz CT molecular complexity index is 2080. The Balaban J connectivity index is 1.16. The minimum atomic E-state index is -4.01. The Morgan fingerprint density at radius 1 is 0.872 bits per heavy atom. The molecular weight excluding hydrogens is 642 g/mol. The molecule has 0 bridgehead atoms. The molecule has 0 aromatic heterocycles. The van der Waals surface area contributed by atoms with Crippen molar-refractivity contribution in [1.82, 2.24) is 5.01 Å². The normalized spacial score (nSPS) is 20.2. The molecule has 12 heteroatoms. The van der Waals surface area contributed by atoms with Crippen molar-refractivity contribution in [2.45, 2.75) is 30.2 Å². The number of hydrogen-bond donors (Lipinski definition) is 1. The molecule has 1 N–H and O–H groups in total. The Hall–Kier alpha value is -5.00. The molecule has 1 fully saturated rings. The minimum Gasteiger partial charge on any atom is -0.454 e. The van der Waals surface area contributed by atoms with E-state index in [-0.39, 0.29) is 30.0 Å². The zero-order valence-corrected chi connectivity index (χ0v) is 26.5. The first-order chi connectivity index (χ1) is 22.8. The number of hydrazone groups is 1. The summed E-state index contributed by atoms with van der Waals surface area (Å²) in [7, 11) is -4.01. The lowest BCUT2D eigenvalue weighted by Gasteiger charge is -2.30.